The van der Waals surface area contributed by atoms with E-state index in [4.69, 9.17) is 37.7 Å². The monoisotopic (exact) mass is 402 g/mol. The standard InChI is InChI=1S/C21H20Cl2N2O2/c1-12-4-3-5-15(13(12)2)19-11-27-21(25-19)9-20-24-18(10-26-20)14-6-7-16(22)17(23)8-14/h3-8,18-19H,9-11H2,1-2H3. The highest BCUT2D eigenvalue weighted by molar-refractivity contribution is 6.42. The fraction of sp³-hybridized carbons (Fsp3) is 0.333. The first-order chi connectivity index (χ1) is 13.0. The van der Waals surface area contributed by atoms with E-state index in [1.165, 1.54) is 16.7 Å². The van der Waals surface area contributed by atoms with Crippen molar-refractivity contribution in [3.8, 4) is 0 Å². The van der Waals surface area contributed by atoms with Crippen molar-refractivity contribution in [3.63, 3.8) is 0 Å². The Balaban J connectivity index is 1.46. The molecule has 0 saturated heterocycles. The predicted molar refractivity (Wildman–Crippen MR) is 109 cm³/mol. The van der Waals surface area contributed by atoms with E-state index in [0.29, 0.717) is 41.5 Å². The zero-order valence-electron chi connectivity index (χ0n) is 15.2. The average molecular weight is 403 g/mol. The summed E-state index contributed by atoms with van der Waals surface area (Å²) in [6.45, 7) is 5.29. The number of ether oxygens (including phenoxy) is 2. The van der Waals surface area contributed by atoms with Crippen LogP contribution in [0.3, 0.4) is 0 Å². The van der Waals surface area contributed by atoms with Gasteiger partial charge in [-0.3, -0.25) is 0 Å². The maximum Gasteiger partial charge on any atom is 0.193 e. The molecule has 0 amide bonds. The molecule has 0 bridgehead atoms. The van der Waals surface area contributed by atoms with Crippen molar-refractivity contribution >= 4 is 35.0 Å². The third kappa shape index (κ3) is 3.83. The zero-order chi connectivity index (χ0) is 19.0. The Morgan fingerprint density at radius 1 is 0.926 bits per heavy atom. The molecule has 140 valence electrons. The fourth-order valence-corrected chi connectivity index (χ4v) is 3.66. The molecule has 0 saturated carbocycles. The fourth-order valence-electron chi connectivity index (χ4n) is 3.35. The number of rotatable bonds is 4. The summed E-state index contributed by atoms with van der Waals surface area (Å²) in [4.78, 5) is 9.40. The smallest absolute Gasteiger partial charge is 0.193 e. The van der Waals surface area contributed by atoms with Crippen molar-refractivity contribution < 1.29 is 9.47 Å². The van der Waals surface area contributed by atoms with Gasteiger partial charge in [0.25, 0.3) is 0 Å². The van der Waals surface area contributed by atoms with Gasteiger partial charge >= 0.3 is 0 Å². The molecule has 0 aromatic heterocycles. The minimum absolute atomic E-state index is 0.0350. The molecule has 2 aromatic rings. The molecule has 2 aliphatic rings. The van der Waals surface area contributed by atoms with Crippen LogP contribution in [-0.2, 0) is 9.47 Å². The summed E-state index contributed by atoms with van der Waals surface area (Å²) in [5, 5.41) is 1.06. The van der Waals surface area contributed by atoms with Gasteiger partial charge in [0.15, 0.2) is 11.8 Å². The third-order valence-electron chi connectivity index (χ3n) is 5.05. The van der Waals surface area contributed by atoms with Crippen LogP contribution in [0.2, 0.25) is 10.0 Å². The number of aryl methyl sites for hydroxylation is 1. The van der Waals surface area contributed by atoms with Crippen molar-refractivity contribution in [3.05, 3.63) is 68.7 Å². The summed E-state index contributed by atoms with van der Waals surface area (Å²) < 4.78 is 11.6. The van der Waals surface area contributed by atoms with Crippen molar-refractivity contribution in [1.29, 1.82) is 0 Å². The molecule has 2 heterocycles. The highest BCUT2D eigenvalue weighted by Gasteiger charge is 2.27. The molecule has 0 spiro atoms. The van der Waals surface area contributed by atoms with E-state index in [9.17, 15) is 0 Å². The van der Waals surface area contributed by atoms with Crippen LogP contribution in [0.25, 0.3) is 0 Å². The topological polar surface area (TPSA) is 43.2 Å². The van der Waals surface area contributed by atoms with Gasteiger partial charge in [0.2, 0.25) is 0 Å². The van der Waals surface area contributed by atoms with E-state index >= 15 is 0 Å². The molecule has 6 heteroatoms. The molecule has 2 atom stereocenters. The van der Waals surface area contributed by atoms with Crippen molar-refractivity contribution in [2.45, 2.75) is 32.4 Å². The maximum atomic E-state index is 6.10. The van der Waals surface area contributed by atoms with Crippen LogP contribution in [0, 0.1) is 13.8 Å². The molecule has 0 N–H and O–H groups in total. The summed E-state index contributed by atoms with van der Waals surface area (Å²) in [7, 11) is 0. The molecule has 0 fully saturated rings. The van der Waals surface area contributed by atoms with Crippen LogP contribution in [0.5, 0.6) is 0 Å². The molecule has 0 radical (unpaired) electrons. The van der Waals surface area contributed by atoms with Crippen LogP contribution in [0.15, 0.2) is 46.4 Å². The maximum absolute atomic E-state index is 6.10. The molecule has 2 unspecified atom stereocenters. The van der Waals surface area contributed by atoms with Gasteiger partial charge in [-0.15, -0.1) is 0 Å². The van der Waals surface area contributed by atoms with Crippen LogP contribution in [0.1, 0.15) is 40.8 Å². The second-order valence-electron chi connectivity index (χ2n) is 6.84. The molecular weight excluding hydrogens is 383 g/mol. The molecule has 4 rings (SSSR count). The Morgan fingerprint density at radius 2 is 1.63 bits per heavy atom. The van der Waals surface area contributed by atoms with Crippen molar-refractivity contribution in [1.82, 2.24) is 0 Å². The highest BCUT2D eigenvalue weighted by atomic mass is 35.5. The van der Waals surface area contributed by atoms with Crippen molar-refractivity contribution in [2.75, 3.05) is 13.2 Å². The predicted octanol–water partition coefficient (Wildman–Crippen LogP) is 5.64. The lowest BCUT2D eigenvalue weighted by Gasteiger charge is -2.11. The number of aliphatic imine (C=N–C) groups is 2. The second kappa shape index (κ2) is 7.53. The van der Waals surface area contributed by atoms with Crippen LogP contribution >= 0.6 is 23.2 Å². The molecule has 27 heavy (non-hydrogen) atoms. The molecular formula is C21H20Cl2N2O2. The van der Waals surface area contributed by atoms with Gasteiger partial charge < -0.3 is 9.47 Å². The quantitative estimate of drug-likeness (QED) is 0.663. The van der Waals surface area contributed by atoms with Gasteiger partial charge in [0.1, 0.15) is 25.3 Å². The lowest BCUT2D eigenvalue weighted by atomic mass is 9.98. The first kappa shape index (κ1) is 18.3. The Hall–Kier alpha value is -2.04. The summed E-state index contributed by atoms with van der Waals surface area (Å²) >= 11 is 12.1. The number of benzene rings is 2. The Morgan fingerprint density at radius 3 is 2.37 bits per heavy atom. The number of hydrogen-bond donors (Lipinski definition) is 0. The summed E-state index contributed by atoms with van der Waals surface area (Å²) in [5.41, 5.74) is 4.74. The summed E-state index contributed by atoms with van der Waals surface area (Å²) in [5.74, 6) is 1.32. The van der Waals surface area contributed by atoms with E-state index in [-0.39, 0.29) is 12.1 Å². The Bertz CT molecular complexity index is 940. The first-order valence-corrected chi connectivity index (χ1v) is 9.67. The Kier molecular flexibility index (Phi) is 5.11. The number of halogens is 2. The molecule has 0 aliphatic carbocycles. The number of nitrogens with zero attached hydrogens (tertiary/aromatic N) is 2. The van der Waals surface area contributed by atoms with E-state index in [1.54, 1.807) is 6.07 Å². The summed E-state index contributed by atoms with van der Waals surface area (Å²) in [6, 6.07) is 11.8. The van der Waals surface area contributed by atoms with E-state index in [0.717, 1.165) is 5.56 Å². The minimum atomic E-state index is -0.0772. The van der Waals surface area contributed by atoms with E-state index in [2.05, 4.69) is 37.0 Å². The normalized spacial score (nSPS) is 21.5. The zero-order valence-corrected chi connectivity index (χ0v) is 16.7. The first-order valence-electron chi connectivity index (χ1n) is 8.91. The van der Waals surface area contributed by atoms with Gasteiger partial charge in [0.05, 0.1) is 16.5 Å². The minimum Gasteiger partial charge on any atom is -0.478 e. The lowest BCUT2D eigenvalue weighted by Crippen LogP contribution is -2.08. The number of hydrogen-bond acceptors (Lipinski definition) is 4. The molecule has 4 nitrogen and oxygen atoms in total. The second-order valence-corrected chi connectivity index (χ2v) is 7.65. The average Bonchev–Trinajstić information content (AvgIpc) is 3.30. The van der Waals surface area contributed by atoms with Crippen LogP contribution in [-0.4, -0.2) is 25.0 Å². The summed E-state index contributed by atoms with van der Waals surface area (Å²) in [6.07, 6.45) is 0.471. The van der Waals surface area contributed by atoms with Crippen molar-refractivity contribution in [2.24, 2.45) is 9.98 Å². The SMILES string of the molecule is Cc1cccc(C2COC(CC3=NC(c4ccc(Cl)c(Cl)c4)CO3)=N2)c1C. The van der Waals surface area contributed by atoms with E-state index < -0.39 is 0 Å². The third-order valence-corrected chi connectivity index (χ3v) is 5.79. The van der Waals surface area contributed by atoms with Gasteiger partial charge in [-0.2, -0.15) is 0 Å². The highest BCUT2D eigenvalue weighted by Crippen LogP contribution is 2.31. The van der Waals surface area contributed by atoms with Gasteiger partial charge in [-0.25, -0.2) is 9.98 Å². The Labute approximate surface area is 168 Å². The largest absolute Gasteiger partial charge is 0.478 e. The van der Waals surface area contributed by atoms with E-state index in [1.807, 2.05) is 12.1 Å². The molecule has 2 aliphatic heterocycles. The van der Waals surface area contributed by atoms with Gasteiger partial charge in [-0.1, -0.05) is 47.5 Å². The van der Waals surface area contributed by atoms with Gasteiger partial charge in [0, 0.05) is 0 Å². The van der Waals surface area contributed by atoms with Gasteiger partial charge in [-0.05, 0) is 48.2 Å². The van der Waals surface area contributed by atoms with Crippen LogP contribution < -0.4 is 0 Å². The van der Waals surface area contributed by atoms with Crippen LogP contribution in [0.4, 0.5) is 0 Å². The molecule has 2 aromatic carbocycles. The lowest BCUT2D eigenvalue weighted by molar-refractivity contribution is 0.300.